The van der Waals surface area contributed by atoms with E-state index < -0.39 is 16.6 Å². The molecule has 0 unspecified atom stereocenters. The van der Waals surface area contributed by atoms with Crippen LogP contribution in [0.2, 0.25) is 0 Å². The van der Waals surface area contributed by atoms with Gasteiger partial charge in [-0.1, -0.05) is 30.3 Å². The van der Waals surface area contributed by atoms with E-state index in [-0.39, 0.29) is 23.7 Å². The Kier molecular flexibility index (Phi) is 6.40. The van der Waals surface area contributed by atoms with Gasteiger partial charge < -0.3 is 14.2 Å². The number of nitrogens with zero attached hydrogens (tertiary/aromatic N) is 2. The van der Waals surface area contributed by atoms with E-state index in [1.807, 2.05) is 30.3 Å². The van der Waals surface area contributed by atoms with Crippen LogP contribution in [-0.2, 0) is 11.3 Å². The number of methoxy groups -OCH3 is 1. The third kappa shape index (κ3) is 4.69. The Morgan fingerprint density at radius 2 is 1.97 bits per heavy atom. The van der Waals surface area contributed by atoms with Crippen molar-refractivity contribution in [2.24, 2.45) is 0 Å². The van der Waals surface area contributed by atoms with Gasteiger partial charge in [-0.25, -0.2) is 9.78 Å². The van der Waals surface area contributed by atoms with E-state index in [0.717, 1.165) is 16.6 Å². The highest BCUT2D eigenvalue weighted by atomic mass is 32.1. The van der Waals surface area contributed by atoms with Crippen LogP contribution in [0.5, 0.6) is 11.5 Å². The Morgan fingerprint density at radius 3 is 2.62 bits per heavy atom. The minimum absolute atomic E-state index is 0.102. The van der Waals surface area contributed by atoms with Crippen LogP contribution in [0.15, 0.2) is 47.8 Å². The van der Waals surface area contributed by atoms with Gasteiger partial charge in [0.1, 0.15) is 17.2 Å². The molecule has 0 atom stereocenters. The van der Waals surface area contributed by atoms with Gasteiger partial charge in [-0.3, -0.25) is 10.1 Å². The first kappa shape index (κ1) is 20.3. The number of ether oxygens (including phenoxy) is 3. The maximum absolute atomic E-state index is 12.5. The van der Waals surface area contributed by atoms with E-state index >= 15 is 0 Å². The lowest BCUT2D eigenvalue weighted by Gasteiger charge is -2.11. The summed E-state index contributed by atoms with van der Waals surface area (Å²) in [4.78, 5) is 27.7. The molecule has 0 aliphatic rings. The average Bonchev–Trinajstić information content (AvgIpc) is 3.21. The lowest BCUT2D eigenvalue weighted by atomic mass is 10.1. The van der Waals surface area contributed by atoms with Crippen LogP contribution in [0.4, 0.5) is 5.69 Å². The van der Waals surface area contributed by atoms with E-state index in [2.05, 4.69) is 4.98 Å². The first-order valence-electron chi connectivity index (χ1n) is 8.69. The summed E-state index contributed by atoms with van der Waals surface area (Å²) in [5, 5.41) is 14.0. The predicted molar refractivity (Wildman–Crippen MR) is 107 cm³/mol. The van der Waals surface area contributed by atoms with Crippen molar-refractivity contribution in [3.63, 3.8) is 0 Å². The van der Waals surface area contributed by atoms with Crippen LogP contribution in [0.25, 0.3) is 10.6 Å². The van der Waals surface area contributed by atoms with E-state index in [1.54, 1.807) is 12.3 Å². The number of carbonyl (C=O) groups excluding carboxylic acids is 1. The zero-order valence-corrected chi connectivity index (χ0v) is 16.6. The van der Waals surface area contributed by atoms with Crippen LogP contribution in [0, 0.1) is 10.1 Å². The summed E-state index contributed by atoms with van der Waals surface area (Å²) in [5.74, 6) is -0.443. The molecule has 0 aliphatic heterocycles. The quantitative estimate of drug-likeness (QED) is 0.304. The first-order valence-corrected chi connectivity index (χ1v) is 9.57. The summed E-state index contributed by atoms with van der Waals surface area (Å²) in [7, 11) is 1.39. The van der Waals surface area contributed by atoms with E-state index in [0.29, 0.717) is 12.3 Å². The Hall–Kier alpha value is -3.46. The average molecular weight is 414 g/mol. The molecule has 0 fully saturated rings. The van der Waals surface area contributed by atoms with Gasteiger partial charge in [0.15, 0.2) is 11.5 Å². The van der Waals surface area contributed by atoms with Gasteiger partial charge in [-0.15, -0.1) is 11.3 Å². The molecule has 0 spiro atoms. The third-order valence-electron chi connectivity index (χ3n) is 3.92. The molecular weight excluding hydrogens is 396 g/mol. The molecule has 0 saturated heterocycles. The molecule has 2 aromatic carbocycles. The SMILES string of the molecule is CCOc1cc([N+](=O)[O-])c(C(=O)OCc2csc(-c3ccccc3)n2)cc1OC. The molecule has 0 N–H and O–H groups in total. The number of hydrogen-bond donors (Lipinski definition) is 0. The monoisotopic (exact) mass is 414 g/mol. The summed E-state index contributed by atoms with van der Waals surface area (Å²) in [6.45, 7) is 1.94. The molecule has 9 heteroatoms. The molecule has 0 saturated carbocycles. The number of esters is 1. The first-order chi connectivity index (χ1) is 14.0. The second-order valence-electron chi connectivity index (χ2n) is 5.80. The van der Waals surface area contributed by atoms with Crippen molar-refractivity contribution >= 4 is 23.0 Å². The van der Waals surface area contributed by atoms with E-state index in [9.17, 15) is 14.9 Å². The normalized spacial score (nSPS) is 10.4. The van der Waals surface area contributed by atoms with Crippen molar-refractivity contribution in [3.8, 4) is 22.1 Å². The number of rotatable bonds is 8. The van der Waals surface area contributed by atoms with E-state index in [4.69, 9.17) is 14.2 Å². The Labute approximate surface area is 170 Å². The molecule has 0 bridgehead atoms. The Balaban J connectivity index is 1.78. The zero-order valence-electron chi connectivity index (χ0n) is 15.8. The lowest BCUT2D eigenvalue weighted by molar-refractivity contribution is -0.385. The summed E-state index contributed by atoms with van der Waals surface area (Å²) in [5.41, 5.74) is 0.890. The number of thiazole rings is 1. The highest BCUT2D eigenvalue weighted by molar-refractivity contribution is 7.13. The van der Waals surface area contributed by atoms with Crippen LogP contribution < -0.4 is 9.47 Å². The smallest absolute Gasteiger partial charge is 0.345 e. The second kappa shape index (κ2) is 9.16. The van der Waals surface area contributed by atoms with Gasteiger partial charge in [0, 0.05) is 17.0 Å². The fraction of sp³-hybridized carbons (Fsp3) is 0.200. The largest absolute Gasteiger partial charge is 0.493 e. The van der Waals surface area contributed by atoms with Gasteiger partial charge in [0.25, 0.3) is 5.69 Å². The zero-order chi connectivity index (χ0) is 20.8. The number of nitro groups is 1. The highest BCUT2D eigenvalue weighted by Crippen LogP contribution is 2.35. The van der Waals surface area contributed by atoms with Crippen molar-refractivity contribution < 1.29 is 23.9 Å². The fourth-order valence-electron chi connectivity index (χ4n) is 2.60. The van der Waals surface area contributed by atoms with Crippen LogP contribution in [0.1, 0.15) is 23.0 Å². The number of carbonyl (C=O) groups is 1. The molecule has 0 radical (unpaired) electrons. The highest BCUT2D eigenvalue weighted by Gasteiger charge is 2.26. The van der Waals surface area contributed by atoms with Gasteiger partial charge in [-0.2, -0.15) is 0 Å². The minimum Gasteiger partial charge on any atom is -0.493 e. The minimum atomic E-state index is -0.840. The fourth-order valence-corrected chi connectivity index (χ4v) is 3.41. The van der Waals surface area contributed by atoms with Crippen LogP contribution in [-0.4, -0.2) is 29.6 Å². The summed E-state index contributed by atoms with van der Waals surface area (Å²) < 4.78 is 15.8. The molecule has 8 nitrogen and oxygen atoms in total. The number of aromatic nitrogens is 1. The van der Waals surface area contributed by atoms with Gasteiger partial charge in [0.05, 0.1) is 30.4 Å². The van der Waals surface area contributed by atoms with Crippen molar-refractivity contribution in [2.45, 2.75) is 13.5 Å². The number of hydrogen-bond acceptors (Lipinski definition) is 8. The molecule has 0 amide bonds. The van der Waals surface area contributed by atoms with Gasteiger partial charge in [0.2, 0.25) is 0 Å². The Bertz CT molecular complexity index is 1020. The van der Waals surface area contributed by atoms with Crippen molar-refractivity contribution in [1.29, 1.82) is 0 Å². The maximum atomic E-state index is 12.5. The molecule has 29 heavy (non-hydrogen) atoms. The summed E-state index contributed by atoms with van der Waals surface area (Å²) in [6, 6.07) is 12.0. The van der Waals surface area contributed by atoms with Crippen LogP contribution >= 0.6 is 11.3 Å². The lowest BCUT2D eigenvalue weighted by Crippen LogP contribution is -2.10. The summed E-state index contributed by atoms with van der Waals surface area (Å²) >= 11 is 1.42. The number of nitro benzene ring substituents is 1. The third-order valence-corrected chi connectivity index (χ3v) is 4.86. The Morgan fingerprint density at radius 1 is 1.21 bits per heavy atom. The predicted octanol–water partition coefficient (Wildman–Crippen LogP) is 4.48. The van der Waals surface area contributed by atoms with Crippen LogP contribution in [0.3, 0.4) is 0 Å². The van der Waals surface area contributed by atoms with E-state index in [1.165, 1.54) is 24.5 Å². The molecule has 1 heterocycles. The van der Waals surface area contributed by atoms with Gasteiger partial charge >= 0.3 is 5.97 Å². The molecule has 3 aromatic rings. The number of benzene rings is 2. The molecular formula is C20H18N2O6S. The summed E-state index contributed by atoms with van der Waals surface area (Å²) in [6.07, 6.45) is 0. The second-order valence-corrected chi connectivity index (χ2v) is 6.65. The van der Waals surface area contributed by atoms with Crippen molar-refractivity contribution in [1.82, 2.24) is 4.98 Å². The topological polar surface area (TPSA) is 101 Å². The standard InChI is InChI=1S/C20H18N2O6S/c1-3-27-18-10-16(22(24)25)15(9-17(18)26-2)20(23)28-11-14-12-29-19(21-14)13-7-5-4-6-8-13/h4-10,12H,3,11H2,1-2H3. The molecule has 150 valence electrons. The molecule has 0 aliphatic carbocycles. The van der Waals surface area contributed by atoms with Crippen molar-refractivity contribution in [2.75, 3.05) is 13.7 Å². The van der Waals surface area contributed by atoms with Crippen molar-refractivity contribution in [3.05, 3.63) is 69.2 Å². The van der Waals surface area contributed by atoms with Gasteiger partial charge in [-0.05, 0) is 6.92 Å². The molecule has 1 aromatic heterocycles. The maximum Gasteiger partial charge on any atom is 0.345 e. The molecule has 3 rings (SSSR count).